The number of carbonyl (C=O) groups is 1. The smallest absolute Gasteiger partial charge is 0.249 e. The van der Waals surface area contributed by atoms with E-state index >= 15 is 0 Å². The Balaban J connectivity index is 1.97. The largest absolute Gasteiger partial charge is 0.366 e. The monoisotopic (exact) mass is 272 g/mol. The van der Waals surface area contributed by atoms with Crippen molar-refractivity contribution in [1.82, 2.24) is 10.3 Å². The number of rotatable bonds is 5. The number of nitrogens with zero attached hydrogens (tertiary/aromatic N) is 1. The molecule has 0 aliphatic rings. The van der Waals surface area contributed by atoms with Crippen LogP contribution in [0.2, 0.25) is 0 Å². The first-order valence-corrected chi connectivity index (χ1v) is 6.83. The minimum atomic E-state index is -0.441. The lowest BCUT2D eigenvalue weighted by Crippen LogP contribution is -2.35. The minimum Gasteiger partial charge on any atom is -0.366 e. The Morgan fingerprint density at radius 1 is 1.30 bits per heavy atom. The van der Waals surface area contributed by atoms with E-state index in [9.17, 15) is 4.79 Å². The predicted octanol–water partition coefficient (Wildman–Crippen LogP) is 2.66. The number of aromatic nitrogens is 1. The van der Waals surface area contributed by atoms with E-state index in [0.717, 1.165) is 16.5 Å². The third-order valence-corrected chi connectivity index (χ3v) is 2.96. The highest BCUT2D eigenvalue weighted by molar-refractivity contribution is 5.81. The molecule has 0 bridgehead atoms. The summed E-state index contributed by atoms with van der Waals surface area (Å²) in [4.78, 5) is 16.2. The Hall–Kier alpha value is -1.94. The number of carbonyl (C=O) groups excluding carboxylic acids is 1. The number of amides is 1. The molecule has 0 radical (unpaired) electrons. The summed E-state index contributed by atoms with van der Waals surface area (Å²) in [7, 11) is 0. The lowest BCUT2D eigenvalue weighted by molar-refractivity contribution is -0.134. The van der Waals surface area contributed by atoms with Crippen molar-refractivity contribution in [2.24, 2.45) is 0 Å². The first kappa shape index (κ1) is 14.5. The van der Waals surface area contributed by atoms with Gasteiger partial charge in [0.05, 0.1) is 11.6 Å². The number of hydrogen-bond donors (Lipinski definition) is 1. The molecule has 1 aromatic heterocycles. The van der Waals surface area contributed by atoms with Crippen LogP contribution in [-0.4, -0.2) is 23.1 Å². The first-order chi connectivity index (χ1) is 9.56. The van der Waals surface area contributed by atoms with Gasteiger partial charge in [0.25, 0.3) is 0 Å². The van der Waals surface area contributed by atoms with Gasteiger partial charge in [-0.1, -0.05) is 18.2 Å². The van der Waals surface area contributed by atoms with E-state index in [1.54, 1.807) is 13.1 Å². The Labute approximate surface area is 119 Å². The molecule has 1 N–H and O–H groups in total. The van der Waals surface area contributed by atoms with Crippen LogP contribution in [0.5, 0.6) is 0 Å². The highest BCUT2D eigenvalue weighted by atomic mass is 16.5. The van der Waals surface area contributed by atoms with Crippen molar-refractivity contribution in [3.8, 4) is 0 Å². The highest BCUT2D eigenvalue weighted by Gasteiger charge is 2.14. The lowest BCUT2D eigenvalue weighted by Gasteiger charge is -2.15. The molecule has 1 heterocycles. The van der Waals surface area contributed by atoms with Crippen LogP contribution in [-0.2, 0) is 16.1 Å². The summed E-state index contributed by atoms with van der Waals surface area (Å²) in [6.07, 6.45) is 1.39. The second-order valence-electron chi connectivity index (χ2n) is 5.08. The third kappa shape index (κ3) is 3.78. The average Bonchev–Trinajstić information content (AvgIpc) is 2.43. The highest BCUT2D eigenvalue weighted by Crippen LogP contribution is 2.12. The van der Waals surface area contributed by atoms with Gasteiger partial charge in [0.1, 0.15) is 6.10 Å². The molecule has 0 saturated carbocycles. The van der Waals surface area contributed by atoms with Gasteiger partial charge in [-0.25, -0.2) is 0 Å². The number of nitrogens with one attached hydrogen (secondary N) is 1. The zero-order chi connectivity index (χ0) is 14.5. The quantitative estimate of drug-likeness (QED) is 0.910. The van der Waals surface area contributed by atoms with Gasteiger partial charge in [0, 0.05) is 18.1 Å². The minimum absolute atomic E-state index is 0.0399. The fraction of sp³-hybridized carbons (Fsp3) is 0.375. The molecule has 0 fully saturated rings. The van der Waals surface area contributed by atoms with Crippen LogP contribution in [0, 0.1) is 0 Å². The maximum Gasteiger partial charge on any atom is 0.249 e. The molecule has 4 nitrogen and oxygen atoms in total. The van der Waals surface area contributed by atoms with Crippen molar-refractivity contribution in [2.75, 3.05) is 0 Å². The fourth-order valence-corrected chi connectivity index (χ4v) is 2.02. The summed E-state index contributed by atoms with van der Waals surface area (Å²) in [6, 6.07) is 9.96. The van der Waals surface area contributed by atoms with E-state index in [-0.39, 0.29) is 12.0 Å². The van der Waals surface area contributed by atoms with Gasteiger partial charge >= 0.3 is 0 Å². The van der Waals surface area contributed by atoms with Crippen molar-refractivity contribution in [1.29, 1.82) is 0 Å². The summed E-state index contributed by atoms with van der Waals surface area (Å²) in [5.74, 6) is -0.105. The Kier molecular flexibility index (Phi) is 4.69. The molecule has 1 aromatic carbocycles. The molecular formula is C16H20N2O2. The Morgan fingerprint density at radius 2 is 2.05 bits per heavy atom. The normalized spacial score (nSPS) is 12.6. The van der Waals surface area contributed by atoms with Gasteiger partial charge in [-0.3, -0.25) is 9.78 Å². The molecule has 4 heteroatoms. The molecule has 0 spiro atoms. The van der Waals surface area contributed by atoms with E-state index in [2.05, 4.69) is 10.3 Å². The van der Waals surface area contributed by atoms with Crippen LogP contribution in [0.4, 0.5) is 0 Å². The second kappa shape index (κ2) is 6.48. The standard InChI is InChI=1S/C16H20N2O2/c1-11(2)20-12(3)16(19)18-10-13-8-14-6-4-5-7-15(14)17-9-13/h4-9,11-12H,10H2,1-3H3,(H,18,19). The summed E-state index contributed by atoms with van der Waals surface area (Å²) >= 11 is 0. The summed E-state index contributed by atoms with van der Waals surface area (Å²) in [6.45, 7) is 6.05. The van der Waals surface area contributed by atoms with E-state index < -0.39 is 6.10 Å². The van der Waals surface area contributed by atoms with Crippen LogP contribution in [0.15, 0.2) is 36.5 Å². The molecule has 0 aliphatic carbocycles. The van der Waals surface area contributed by atoms with Gasteiger partial charge in [0.15, 0.2) is 0 Å². The Morgan fingerprint density at radius 3 is 2.80 bits per heavy atom. The number of para-hydroxylation sites is 1. The molecule has 20 heavy (non-hydrogen) atoms. The number of fused-ring (bicyclic) bond motifs is 1. The van der Waals surface area contributed by atoms with Gasteiger partial charge in [-0.05, 0) is 38.5 Å². The van der Waals surface area contributed by atoms with Gasteiger partial charge in [-0.2, -0.15) is 0 Å². The van der Waals surface area contributed by atoms with Crippen molar-refractivity contribution >= 4 is 16.8 Å². The zero-order valence-electron chi connectivity index (χ0n) is 12.1. The zero-order valence-corrected chi connectivity index (χ0v) is 12.1. The third-order valence-electron chi connectivity index (χ3n) is 2.96. The Bertz CT molecular complexity index is 596. The molecule has 1 amide bonds. The number of ether oxygens (including phenoxy) is 1. The molecule has 1 atom stereocenters. The fourth-order valence-electron chi connectivity index (χ4n) is 2.02. The lowest BCUT2D eigenvalue weighted by atomic mass is 10.1. The van der Waals surface area contributed by atoms with Crippen molar-refractivity contribution in [3.63, 3.8) is 0 Å². The van der Waals surface area contributed by atoms with E-state index in [1.165, 1.54) is 0 Å². The maximum absolute atomic E-state index is 11.9. The maximum atomic E-state index is 11.9. The summed E-state index contributed by atoms with van der Waals surface area (Å²) < 4.78 is 5.44. The SMILES string of the molecule is CC(C)OC(C)C(=O)NCc1cnc2ccccc2c1. The van der Waals surface area contributed by atoms with Crippen molar-refractivity contribution in [2.45, 2.75) is 39.5 Å². The van der Waals surface area contributed by atoms with Gasteiger partial charge in [-0.15, -0.1) is 0 Å². The molecule has 2 rings (SSSR count). The van der Waals surface area contributed by atoms with Gasteiger partial charge < -0.3 is 10.1 Å². The van der Waals surface area contributed by atoms with Crippen molar-refractivity contribution < 1.29 is 9.53 Å². The van der Waals surface area contributed by atoms with Gasteiger partial charge in [0.2, 0.25) is 5.91 Å². The predicted molar refractivity (Wildman–Crippen MR) is 79.3 cm³/mol. The molecular weight excluding hydrogens is 252 g/mol. The number of benzene rings is 1. The molecule has 0 aliphatic heterocycles. The van der Waals surface area contributed by atoms with E-state index in [4.69, 9.17) is 4.74 Å². The molecule has 0 saturated heterocycles. The summed E-state index contributed by atoms with van der Waals surface area (Å²) in [5, 5.41) is 3.94. The first-order valence-electron chi connectivity index (χ1n) is 6.83. The number of pyridine rings is 1. The summed E-state index contributed by atoms with van der Waals surface area (Å²) in [5.41, 5.74) is 1.94. The van der Waals surface area contributed by atoms with Crippen LogP contribution in [0.3, 0.4) is 0 Å². The average molecular weight is 272 g/mol. The van der Waals surface area contributed by atoms with Crippen LogP contribution in [0.25, 0.3) is 10.9 Å². The molecule has 106 valence electrons. The van der Waals surface area contributed by atoms with Crippen molar-refractivity contribution in [3.05, 3.63) is 42.1 Å². The topological polar surface area (TPSA) is 51.2 Å². The van der Waals surface area contributed by atoms with E-state index in [0.29, 0.717) is 6.54 Å². The van der Waals surface area contributed by atoms with E-state index in [1.807, 2.05) is 44.2 Å². The van der Waals surface area contributed by atoms with Crippen LogP contribution >= 0.6 is 0 Å². The second-order valence-corrected chi connectivity index (χ2v) is 5.08. The van der Waals surface area contributed by atoms with Crippen LogP contribution < -0.4 is 5.32 Å². The molecule has 1 unspecified atom stereocenters. The van der Waals surface area contributed by atoms with Crippen LogP contribution in [0.1, 0.15) is 26.3 Å². The molecule has 2 aromatic rings. The number of hydrogen-bond acceptors (Lipinski definition) is 3.